The van der Waals surface area contributed by atoms with Gasteiger partial charge in [-0.05, 0) is 32.1 Å². The third kappa shape index (κ3) is 12.3. The van der Waals surface area contributed by atoms with E-state index in [9.17, 15) is 24.0 Å². The minimum absolute atomic E-state index is 0. The van der Waals surface area contributed by atoms with Crippen LogP contribution < -0.4 is 0 Å². The van der Waals surface area contributed by atoms with E-state index in [0.717, 1.165) is 0 Å². The molecular formula is C21H32BrO9Y-. The molecule has 181 valence electrons. The summed E-state index contributed by atoms with van der Waals surface area (Å²) in [6.45, 7) is 11.8. The summed E-state index contributed by atoms with van der Waals surface area (Å²) in [5.74, 6) is -2.70. The van der Waals surface area contributed by atoms with Crippen LogP contribution in [0.4, 0.5) is 0 Å². The first kappa shape index (κ1) is 33.2. The molecule has 1 radical (unpaired) electrons. The summed E-state index contributed by atoms with van der Waals surface area (Å²) in [5.41, 5.74) is -2.24. The maximum Gasteiger partial charge on any atom is 0.322 e. The molecule has 0 bridgehead atoms. The summed E-state index contributed by atoms with van der Waals surface area (Å²) in [7, 11) is 0. The number of alkyl halides is 1. The van der Waals surface area contributed by atoms with Gasteiger partial charge in [0, 0.05) is 52.3 Å². The standard InChI is InChI=1S/C21H32BrO9.Y/c1-14(23)19(4,5)12-20(6,17(26)30-10-8-28-15(2)24)13-21(7,22)18(27)31-11-9-29-16(3)25;/h1,8-13H2,2-7H3;/q-1;. The Balaban J connectivity index is 0. The average molecular weight is 597 g/mol. The van der Waals surface area contributed by atoms with Crippen molar-refractivity contribution in [1.29, 1.82) is 0 Å². The largest absolute Gasteiger partial charge is 0.462 e. The Labute approximate surface area is 223 Å². The molecule has 0 aromatic rings. The van der Waals surface area contributed by atoms with Gasteiger partial charge in [0.05, 0.1) is 5.41 Å². The number of esters is 4. The normalized spacial score (nSPS) is 14.6. The zero-order chi connectivity index (χ0) is 24.5. The number of hydrogen-bond donors (Lipinski definition) is 0. The van der Waals surface area contributed by atoms with Gasteiger partial charge in [0.25, 0.3) is 0 Å². The van der Waals surface area contributed by atoms with Crippen LogP contribution in [0.2, 0.25) is 0 Å². The van der Waals surface area contributed by atoms with Crippen LogP contribution in [0.1, 0.15) is 54.4 Å². The Bertz CT molecular complexity index is 691. The Morgan fingerprint density at radius 1 is 0.719 bits per heavy atom. The van der Waals surface area contributed by atoms with Gasteiger partial charge in [-0.1, -0.05) is 29.8 Å². The summed E-state index contributed by atoms with van der Waals surface area (Å²) >= 11 is 3.32. The van der Waals surface area contributed by atoms with E-state index in [4.69, 9.17) is 18.9 Å². The molecule has 0 heterocycles. The van der Waals surface area contributed by atoms with Crippen LogP contribution in [-0.4, -0.2) is 60.4 Å². The predicted molar refractivity (Wildman–Crippen MR) is 114 cm³/mol. The summed E-state index contributed by atoms with van der Waals surface area (Å²) in [5, 5.41) is 0. The maximum atomic E-state index is 12.9. The molecule has 0 aromatic carbocycles. The number of hydrogen-bond acceptors (Lipinski definition) is 9. The van der Waals surface area contributed by atoms with Gasteiger partial charge in [0.1, 0.15) is 30.8 Å². The fourth-order valence-electron chi connectivity index (χ4n) is 3.05. The molecule has 11 heteroatoms. The van der Waals surface area contributed by atoms with E-state index in [1.54, 1.807) is 20.8 Å². The molecule has 0 spiro atoms. The van der Waals surface area contributed by atoms with Crippen LogP contribution in [0.15, 0.2) is 0 Å². The molecule has 9 nitrogen and oxygen atoms in total. The molecule has 0 N–H and O–H groups in total. The number of Topliss-reactive ketones (excluding diaryl/α,β-unsaturated/α-hetero) is 1. The van der Waals surface area contributed by atoms with Crippen LogP contribution >= 0.6 is 15.9 Å². The molecule has 32 heavy (non-hydrogen) atoms. The van der Waals surface area contributed by atoms with Gasteiger partial charge in [-0.25, -0.2) is 0 Å². The minimum atomic E-state index is -1.30. The molecular weight excluding hydrogens is 565 g/mol. The summed E-state index contributed by atoms with van der Waals surface area (Å²) in [4.78, 5) is 59.1. The fraction of sp³-hybridized carbons (Fsp3) is 0.714. The van der Waals surface area contributed by atoms with Crippen molar-refractivity contribution in [2.45, 2.75) is 58.7 Å². The molecule has 0 fully saturated rings. The van der Waals surface area contributed by atoms with Gasteiger partial charge in [0.2, 0.25) is 0 Å². The second-order valence-electron chi connectivity index (χ2n) is 8.37. The third-order valence-corrected chi connectivity index (χ3v) is 5.08. The van der Waals surface area contributed by atoms with Crippen molar-refractivity contribution in [3.8, 4) is 0 Å². The summed E-state index contributed by atoms with van der Waals surface area (Å²) < 4.78 is 18.6. The van der Waals surface area contributed by atoms with Crippen LogP contribution in [0, 0.1) is 17.8 Å². The van der Waals surface area contributed by atoms with E-state index < -0.39 is 39.0 Å². The van der Waals surface area contributed by atoms with E-state index in [1.807, 2.05) is 0 Å². The van der Waals surface area contributed by atoms with Gasteiger partial charge in [-0.15, -0.1) is 0 Å². The second kappa shape index (κ2) is 14.3. The zero-order valence-corrected chi connectivity index (χ0v) is 24.0. The van der Waals surface area contributed by atoms with E-state index in [2.05, 4.69) is 22.9 Å². The van der Waals surface area contributed by atoms with Gasteiger partial charge in [-0.3, -0.25) is 19.2 Å². The van der Waals surface area contributed by atoms with Crippen LogP contribution in [0.3, 0.4) is 0 Å². The van der Waals surface area contributed by atoms with Crippen LogP contribution in [-0.2, 0) is 75.6 Å². The Kier molecular flexibility index (Phi) is 14.8. The first-order valence-electron chi connectivity index (χ1n) is 9.70. The number of rotatable bonds is 13. The van der Waals surface area contributed by atoms with Gasteiger partial charge >= 0.3 is 23.9 Å². The third-order valence-electron chi connectivity index (χ3n) is 4.47. The number of carbonyl (C=O) groups is 5. The Morgan fingerprint density at radius 3 is 1.47 bits per heavy atom. The molecule has 0 saturated heterocycles. The number of halogens is 1. The van der Waals surface area contributed by atoms with E-state index >= 15 is 0 Å². The number of ketones is 1. The number of ether oxygens (including phenoxy) is 4. The van der Waals surface area contributed by atoms with Crippen LogP contribution in [0.25, 0.3) is 0 Å². The van der Waals surface area contributed by atoms with Crippen molar-refractivity contribution in [3.63, 3.8) is 0 Å². The average Bonchev–Trinajstić information content (AvgIpc) is 2.60. The quantitative estimate of drug-likeness (QED) is 0.104. The molecule has 0 saturated carbocycles. The van der Waals surface area contributed by atoms with E-state index in [-0.39, 0.29) is 77.8 Å². The van der Waals surface area contributed by atoms with E-state index in [0.29, 0.717) is 0 Å². The van der Waals surface area contributed by atoms with Crippen molar-refractivity contribution in [1.82, 2.24) is 0 Å². The smallest absolute Gasteiger partial charge is 0.322 e. The molecule has 0 aromatic heterocycles. The summed E-state index contributed by atoms with van der Waals surface area (Å²) in [6, 6.07) is 0. The molecule has 0 aliphatic carbocycles. The number of carbonyl (C=O) groups excluding carboxylic acids is 5. The topological polar surface area (TPSA) is 122 Å². The molecule has 2 unspecified atom stereocenters. The minimum Gasteiger partial charge on any atom is -0.462 e. The van der Waals surface area contributed by atoms with Crippen molar-refractivity contribution in [2.24, 2.45) is 10.8 Å². The van der Waals surface area contributed by atoms with Gasteiger partial charge in [-0.2, -0.15) is 0 Å². The van der Waals surface area contributed by atoms with Crippen molar-refractivity contribution < 1.29 is 75.6 Å². The van der Waals surface area contributed by atoms with Crippen molar-refractivity contribution in [3.05, 3.63) is 6.92 Å². The zero-order valence-electron chi connectivity index (χ0n) is 19.6. The van der Waals surface area contributed by atoms with Gasteiger partial charge in [0.15, 0.2) is 0 Å². The maximum absolute atomic E-state index is 12.9. The predicted octanol–water partition coefficient (Wildman–Crippen LogP) is 2.57. The molecule has 2 atom stereocenters. The fourth-order valence-corrected chi connectivity index (χ4v) is 3.78. The van der Waals surface area contributed by atoms with E-state index in [1.165, 1.54) is 20.8 Å². The molecule has 0 aliphatic heterocycles. The molecule has 0 amide bonds. The first-order chi connectivity index (χ1) is 14.0. The summed E-state index contributed by atoms with van der Waals surface area (Å²) in [6.07, 6.45) is -0.00778. The van der Waals surface area contributed by atoms with Crippen molar-refractivity contribution in [2.75, 3.05) is 26.4 Å². The SMILES string of the molecule is [CH2-]C(=O)C(C)(C)CC(C)(CC(C)(Br)C(=O)OCCOC(C)=O)C(=O)OCCOC(C)=O.[Y]. The first-order valence-corrected chi connectivity index (χ1v) is 10.5. The monoisotopic (exact) mass is 596 g/mol. The Morgan fingerprint density at radius 2 is 1.09 bits per heavy atom. The van der Waals surface area contributed by atoms with Gasteiger partial charge < -0.3 is 30.7 Å². The molecule has 0 aliphatic rings. The van der Waals surface area contributed by atoms with Crippen molar-refractivity contribution >= 4 is 45.6 Å². The van der Waals surface area contributed by atoms with Crippen LogP contribution in [0.5, 0.6) is 0 Å². The second-order valence-corrected chi connectivity index (χ2v) is 10.1. The Hall–Kier alpha value is -0.996. The molecule has 0 rings (SSSR count).